The van der Waals surface area contributed by atoms with Crippen LogP contribution in [0.4, 0.5) is 10.5 Å². The molecule has 0 aromatic heterocycles. The maximum Gasteiger partial charge on any atom is 0.311 e. The molecular weight excluding hydrogens is 470 g/mol. The van der Waals surface area contributed by atoms with Crippen molar-refractivity contribution in [3.8, 4) is 5.75 Å². The van der Waals surface area contributed by atoms with Crippen molar-refractivity contribution in [3.63, 3.8) is 0 Å². The van der Waals surface area contributed by atoms with Gasteiger partial charge < -0.3 is 9.64 Å². The maximum atomic E-state index is 12.8. The minimum atomic E-state index is -0.574. The molecule has 0 radical (unpaired) electrons. The van der Waals surface area contributed by atoms with Gasteiger partial charge in [-0.15, -0.1) is 0 Å². The molecule has 35 heavy (non-hydrogen) atoms. The Morgan fingerprint density at radius 1 is 1.06 bits per heavy atom. The number of nitro groups is 1. The second-order valence-electron chi connectivity index (χ2n) is 8.32. The molecule has 0 aliphatic carbocycles. The molecule has 9 nitrogen and oxygen atoms in total. The van der Waals surface area contributed by atoms with Gasteiger partial charge >= 0.3 is 5.69 Å². The van der Waals surface area contributed by atoms with Crippen LogP contribution in [0.15, 0.2) is 53.4 Å². The lowest BCUT2D eigenvalue weighted by atomic mass is 10.1. The summed E-state index contributed by atoms with van der Waals surface area (Å²) in [5, 5.41) is 11.1. The Bertz CT molecular complexity index is 1160. The summed E-state index contributed by atoms with van der Waals surface area (Å²) in [4.78, 5) is 51.8. The van der Waals surface area contributed by atoms with E-state index in [1.807, 2.05) is 30.3 Å². The number of hydrogen-bond donors (Lipinski definition) is 0. The predicted octanol–water partition coefficient (Wildman–Crippen LogP) is 4.61. The van der Waals surface area contributed by atoms with Crippen LogP contribution >= 0.6 is 11.8 Å². The molecule has 3 amide bonds. The minimum Gasteiger partial charge on any atom is -0.482 e. The van der Waals surface area contributed by atoms with E-state index in [0.29, 0.717) is 18.7 Å². The van der Waals surface area contributed by atoms with Crippen molar-refractivity contribution in [2.24, 2.45) is 0 Å². The van der Waals surface area contributed by atoms with Gasteiger partial charge in [-0.2, -0.15) is 0 Å². The molecule has 2 heterocycles. The zero-order chi connectivity index (χ0) is 24.8. The lowest BCUT2D eigenvalue weighted by Gasteiger charge is -2.22. The Hall–Kier alpha value is -3.66. The number of thioether (sulfide) groups is 1. The van der Waals surface area contributed by atoms with E-state index in [4.69, 9.17) is 4.74 Å². The quantitative estimate of drug-likeness (QED) is 0.313. The summed E-state index contributed by atoms with van der Waals surface area (Å²) in [6.07, 6.45) is 5.39. The molecule has 2 fully saturated rings. The van der Waals surface area contributed by atoms with E-state index >= 15 is 0 Å². The molecule has 2 aliphatic rings. The zero-order valence-corrected chi connectivity index (χ0v) is 19.9. The summed E-state index contributed by atoms with van der Waals surface area (Å²) in [6, 6.07) is 13.6. The SMILES string of the molecule is O=C(CN1C(=O)SC(=Cc2ccc(OCc3ccccc3)c([N+](=O)[O-])c2)C1=O)N1CCCCCC1. The molecule has 0 atom stereocenters. The van der Waals surface area contributed by atoms with Crippen LogP contribution in [0.25, 0.3) is 6.08 Å². The first-order valence-corrected chi connectivity index (χ1v) is 12.2. The average Bonchev–Trinajstić information content (AvgIpc) is 3.05. The van der Waals surface area contributed by atoms with Crippen molar-refractivity contribution in [1.29, 1.82) is 0 Å². The fourth-order valence-electron chi connectivity index (χ4n) is 3.97. The van der Waals surface area contributed by atoms with Gasteiger partial charge in [0.1, 0.15) is 13.2 Å². The topological polar surface area (TPSA) is 110 Å². The van der Waals surface area contributed by atoms with Crippen molar-refractivity contribution in [2.45, 2.75) is 32.3 Å². The summed E-state index contributed by atoms with van der Waals surface area (Å²) < 4.78 is 5.64. The number of carbonyl (C=O) groups is 3. The van der Waals surface area contributed by atoms with Gasteiger partial charge in [0.25, 0.3) is 11.1 Å². The van der Waals surface area contributed by atoms with Gasteiger partial charge in [-0.3, -0.25) is 29.4 Å². The lowest BCUT2D eigenvalue weighted by molar-refractivity contribution is -0.386. The van der Waals surface area contributed by atoms with Gasteiger partial charge in [0, 0.05) is 19.2 Å². The van der Waals surface area contributed by atoms with Crippen LogP contribution in [-0.2, 0) is 16.2 Å². The molecule has 4 rings (SSSR count). The highest BCUT2D eigenvalue weighted by atomic mass is 32.2. The van der Waals surface area contributed by atoms with E-state index in [2.05, 4.69) is 0 Å². The summed E-state index contributed by atoms with van der Waals surface area (Å²) in [5.41, 5.74) is 1.01. The molecule has 0 unspecified atom stereocenters. The van der Waals surface area contributed by atoms with Crippen LogP contribution in [0.2, 0.25) is 0 Å². The number of nitrogens with zero attached hydrogens (tertiary/aromatic N) is 3. The predicted molar refractivity (Wildman–Crippen MR) is 132 cm³/mol. The number of rotatable bonds is 7. The number of imide groups is 1. The largest absolute Gasteiger partial charge is 0.482 e. The second-order valence-corrected chi connectivity index (χ2v) is 9.31. The molecule has 2 aliphatic heterocycles. The van der Waals surface area contributed by atoms with E-state index in [-0.39, 0.29) is 35.4 Å². The van der Waals surface area contributed by atoms with E-state index < -0.39 is 16.1 Å². The van der Waals surface area contributed by atoms with E-state index in [9.17, 15) is 24.5 Å². The van der Waals surface area contributed by atoms with Gasteiger partial charge in [-0.05, 0) is 47.9 Å². The van der Waals surface area contributed by atoms with Crippen molar-refractivity contribution < 1.29 is 24.0 Å². The smallest absolute Gasteiger partial charge is 0.311 e. The molecular formula is C25H25N3O6S. The Balaban J connectivity index is 1.46. The Morgan fingerprint density at radius 2 is 1.77 bits per heavy atom. The summed E-state index contributed by atoms with van der Waals surface area (Å²) in [7, 11) is 0. The van der Waals surface area contributed by atoms with Gasteiger partial charge in [-0.1, -0.05) is 49.2 Å². The third-order valence-electron chi connectivity index (χ3n) is 5.84. The Kier molecular flexibility index (Phi) is 7.81. The van der Waals surface area contributed by atoms with Crippen molar-refractivity contribution in [3.05, 3.63) is 74.7 Å². The van der Waals surface area contributed by atoms with Gasteiger partial charge in [0.2, 0.25) is 5.91 Å². The van der Waals surface area contributed by atoms with Gasteiger partial charge in [0.15, 0.2) is 5.75 Å². The van der Waals surface area contributed by atoms with Crippen molar-refractivity contribution >= 4 is 40.6 Å². The molecule has 2 aromatic rings. The van der Waals surface area contributed by atoms with Crippen molar-refractivity contribution in [1.82, 2.24) is 9.80 Å². The molecule has 10 heteroatoms. The summed E-state index contributed by atoms with van der Waals surface area (Å²) in [5.74, 6) is -0.714. The summed E-state index contributed by atoms with van der Waals surface area (Å²) in [6.45, 7) is 1.14. The van der Waals surface area contributed by atoms with Crippen LogP contribution in [0.1, 0.15) is 36.8 Å². The second kappa shape index (κ2) is 11.2. The number of carbonyl (C=O) groups excluding carboxylic acids is 3. The number of hydrogen-bond acceptors (Lipinski definition) is 7. The molecule has 2 aromatic carbocycles. The van der Waals surface area contributed by atoms with Crippen LogP contribution in [0.3, 0.4) is 0 Å². The third-order valence-corrected chi connectivity index (χ3v) is 6.75. The van der Waals surface area contributed by atoms with E-state index in [0.717, 1.165) is 47.9 Å². The third kappa shape index (κ3) is 6.07. The first kappa shape index (κ1) is 24.5. The minimum absolute atomic E-state index is 0.104. The highest BCUT2D eigenvalue weighted by Crippen LogP contribution is 2.34. The first-order valence-electron chi connectivity index (χ1n) is 11.4. The van der Waals surface area contributed by atoms with Crippen LogP contribution in [0.5, 0.6) is 5.75 Å². The van der Waals surface area contributed by atoms with Crippen LogP contribution in [-0.4, -0.2) is 51.4 Å². The van der Waals surface area contributed by atoms with Crippen LogP contribution < -0.4 is 4.74 Å². The molecule has 0 bridgehead atoms. The van der Waals surface area contributed by atoms with E-state index in [1.54, 1.807) is 11.0 Å². The normalized spacial score (nSPS) is 17.5. The highest BCUT2D eigenvalue weighted by molar-refractivity contribution is 8.18. The van der Waals surface area contributed by atoms with Gasteiger partial charge in [-0.25, -0.2) is 0 Å². The number of ether oxygens (including phenoxy) is 1. The van der Waals surface area contributed by atoms with Gasteiger partial charge in [0.05, 0.1) is 9.83 Å². The molecule has 0 spiro atoms. The maximum absolute atomic E-state index is 12.8. The molecule has 0 saturated carbocycles. The van der Waals surface area contributed by atoms with Crippen LogP contribution in [0, 0.1) is 10.1 Å². The molecule has 182 valence electrons. The number of nitro benzene ring substituents is 1. The monoisotopic (exact) mass is 495 g/mol. The molecule has 2 saturated heterocycles. The molecule has 0 N–H and O–H groups in total. The highest BCUT2D eigenvalue weighted by Gasteiger charge is 2.37. The first-order chi connectivity index (χ1) is 16.9. The number of benzene rings is 2. The number of amides is 3. The van der Waals surface area contributed by atoms with Crippen molar-refractivity contribution in [2.75, 3.05) is 19.6 Å². The Labute approximate surface area is 206 Å². The lowest BCUT2D eigenvalue weighted by Crippen LogP contribution is -2.42. The zero-order valence-electron chi connectivity index (χ0n) is 19.1. The average molecular weight is 496 g/mol. The Morgan fingerprint density at radius 3 is 2.46 bits per heavy atom. The van der Waals surface area contributed by atoms with E-state index in [1.165, 1.54) is 18.2 Å². The number of likely N-dealkylation sites (tertiary alicyclic amines) is 1. The standard InChI is InChI=1S/C25H25N3O6S/c29-23(26-12-6-1-2-7-13-26)16-27-24(30)22(35-25(27)31)15-19-10-11-21(20(14-19)28(32)33)34-17-18-8-4-3-5-9-18/h3-5,8-11,14-15H,1-2,6-7,12-13,16-17H2. The fraction of sp³-hybridized carbons (Fsp3) is 0.320. The fourth-order valence-corrected chi connectivity index (χ4v) is 4.81. The summed E-state index contributed by atoms with van der Waals surface area (Å²) >= 11 is 0.722.